The van der Waals surface area contributed by atoms with Gasteiger partial charge in [0.2, 0.25) is 0 Å². The second-order valence-corrected chi connectivity index (χ2v) is 6.01. The number of carbonyl (C=O) groups excluding carboxylic acids is 1. The maximum Gasteiger partial charge on any atom is 0.257 e. The monoisotopic (exact) mass is 275 g/mol. The third-order valence-corrected chi connectivity index (χ3v) is 4.04. The Labute approximate surface area is 121 Å². The highest BCUT2D eigenvalue weighted by atomic mass is 16.2. The van der Waals surface area contributed by atoms with Gasteiger partial charge in [-0.05, 0) is 31.1 Å². The zero-order chi connectivity index (χ0) is 14.7. The summed E-state index contributed by atoms with van der Waals surface area (Å²) in [5, 5.41) is 0. The molecule has 2 atom stereocenters. The van der Waals surface area contributed by atoms with Crippen molar-refractivity contribution in [1.29, 1.82) is 0 Å². The van der Waals surface area contributed by atoms with Crippen molar-refractivity contribution in [3.63, 3.8) is 0 Å². The van der Waals surface area contributed by atoms with Gasteiger partial charge >= 0.3 is 0 Å². The van der Waals surface area contributed by atoms with E-state index in [1.165, 1.54) is 6.42 Å². The van der Waals surface area contributed by atoms with E-state index in [-0.39, 0.29) is 5.91 Å². The molecule has 4 nitrogen and oxygen atoms in total. The maximum absolute atomic E-state index is 12.9. The summed E-state index contributed by atoms with van der Waals surface area (Å²) in [5.41, 5.74) is 2.51. The molecule has 1 amide bonds. The van der Waals surface area contributed by atoms with Crippen LogP contribution in [0.15, 0.2) is 6.33 Å². The van der Waals surface area contributed by atoms with Gasteiger partial charge in [-0.15, -0.1) is 0 Å². The lowest BCUT2D eigenvalue weighted by Crippen LogP contribution is -2.43. The van der Waals surface area contributed by atoms with Gasteiger partial charge in [0.05, 0.1) is 17.0 Å². The van der Waals surface area contributed by atoms with Crippen molar-refractivity contribution in [3.05, 3.63) is 23.3 Å². The van der Waals surface area contributed by atoms with Crippen LogP contribution in [0, 0.1) is 11.8 Å². The summed E-state index contributed by atoms with van der Waals surface area (Å²) < 4.78 is 0. The van der Waals surface area contributed by atoms with E-state index in [9.17, 15) is 4.79 Å². The number of amides is 1. The van der Waals surface area contributed by atoms with E-state index in [0.29, 0.717) is 11.8 Å². The Morgan fingerprint density at radius 1 is 1.15 bits per heavy atom. The summed E-state index contributed by atoms with van der Waals surface area (Å²) in [5.74, 6) is 1.27. The van der Waals surface area contributed by atoms with Crippen LogP contribution in [-0.4, -0.2) is 33.9 Å². The molecular weight excluding hydrogens is 250 g/mol. The lowest BCUT2D eigenvalue weighted by Gasteiger charge is -2.35. The predicted molar refractivity (Wildman–Crippen MR) is 79.6 cm³/mol. The molecule has 0 aliphatic carbocycles. The molecule has 2 rings (SSSR count). The van der Waals surface area contributed by atoms with Gasteiger partial charge in [0.25, 0.3) is 5.91 Å². The summed E-state index contributed by atoms with van der Waals surface area (Å²) in [7, 11) is 0. The third-order valence-electron chi connectivity index (χ3n) is 4.04. The molecule has 0 radical (unpaired) electrons. The third kappa shape index (κ3) is 3.00. The van der Waals surface area contributed by atoms with Crippen molar-refractivity contribution in [3.8, 4) is 0 Å². The zero-order valence-electron chi connectivity index (χ0n) is 13.0. The van der Waals surface area contributed by atoms with Crippen molar-refractivity contribution in [2.45, 2.75) is 47.0 Å². The standard InChI is InChI=1S/C16H25N3O/c1-5-13-15(14(6-2)18-10-17-13)16(20)19-8-11(3)7-12(4)9-19/h10-12H,5-9H2,1-4H3. The van der Waals surface area contributed by atoms with Gasteiger partial charge in [-0.1, -0.05) is 27.7 Å². The number of rotatable bonds is 3. The molecule has 0 spiro atoms. The molecule has 0 aromatic carbocycles. The van der Waals surface area contributed by atoms with E-state index >= 15 is 0 Å². The number of carbonyl (C=O) groups is 1. The molecule has 0 saturated carbocycles. The molecule has 2 heterocycles. The Hall–Kier alpha value is -1.45. The second-order valence-electron chi connectivity index (χ2n) is 6.01. The van der Waals surface area contributed by atoms with Crippen LogP contribution in [0.3, 0.4) is 0 Å². The smallest absolute Gasteiger partial charge is 0.257 e. The molecular formula is C16H25N3O. The molecule has 1 fully saturated rings. The zero-order valence-corrected chi connectivity index (χ0v) is 13.0. The number of aromatic nitrogens is 2. The van der Waals surface area contributed by atoms with Gasteiger partial charge in [-0.2, -0.15) is 0 Å². The molecule has 1 aromatic heterocycles. The minimum atomic E-state index is 0.123. The van der Waals surface area contributed by atoms with Crippen LogP contribution in [0.25, 0.3) is 0 Å². The Kier molecular flexibility index (Phi) is 4.73. The number of hydrogen-bond donors (Lipinski definition) is 0. The minimum absolute atomic E-state index is 0.123. The second kappa shape index (κ2) is 6.33. The normalized spacial score (nSPS) is 22.9. The summed E-state index contributed by atoms with van der Waals surface area (Å²) in [6.07, 6.45) is 4.33. The van der Waals surface area contributed by atoms with Crippen molar-refractivity contribution < 1.29 is 4.79 Å². The van der Waals surface area contributed by atoms with Crippen LogP contribution >= 0.6 is 0 Å². The van der Waals surface area contributed by atoms with Gasteiger partial charge in [0.1, 0.15) is 6.33 Å². The van der Waals surface area contributed by atoms with E-state index in [1.807, 2.05) is 18.7 Å². The van der Waals surface area contributed by atoms with Crippen LogP contribution in [0.1, 0.15) is 55.9 Å². The minimum Gasteiger partial charge on any atom is -0.338 e. The molecule has 110 valence electrons. The highest BCUT2D eigenvalue weighted by Crippen LogP contribution is 2.24. The fraction of sp³-hybridized carbons (Fsp3) is 0.688. The van der Waals surface area contributed by atoms with Crippen LogP contribution in [-0.2, 0) is 12.8 Å². The fourth-order valence-corrected chi connectivity index (χ4v) is 3.23. The Morgan fingerprint density at radius 2 is 1.65 bits per heavy atom. The van der Waals surface area contributed by atoms with Crippen LogP contribution < -0.4 is 0 Å². The van der Waals surface area contributed by atoms with Crippen LogP contribution in [0.4, 0.5) is 0 Å². The van der Waals surface area contributed by atoms with Crippen molar-refractivity contribution >= 4 is 5.91 Å². The van der Waals surface area contributed by atoms with E-state index in [1.54, 1.807) is 6.33 Å². The lowest BCUT2D eigenvalue weighted by atomic mass is 9.91. The van der Waals surface area contributed by atoms with Crippen molar-refractivity contribution in [2.24, 2.45) is 11.8 Å². The molecule has 20 heavy (non-hydrogen) atoms. The molecule has 1 aliphatic rings. The highest BCUT2D eigenvalue weighted by molar-refractivity contribution is 5.96. The largest absolute Gasteiger partial charge is 0.338 e. The van der Waals surface area contributed by atoms with E-state index in [2.05, 4.69) is 23.8 Å². The van der Waals surface area contributed by atoms with Crippen LogP contribution in [0.2, 0.25) is 0 Å². The van der Waals surface area contributed by atoms with E-state index in [4.69, 9.17) is 0 Å². The first-order valence-electron chi connectivity index (χ1n) is 7.68. The first-order chi connectivity index (χ1) is 9.56. The molecule has 2 unspecified atom stereocenters. The van der Waals surface area contributed by atoms with E-state index in [0.717, 1.165) is 42.9 Å². The van der Waals surface area contributed by atoms with Gasteiger partial charge in [-0.3, -0.25) is 4.79 Å². The summed E-state index contributed by atoms with van der Waals surface area (Å²) in [4.78, 5) is 23.5. The van der Waals surface area contributed by atoms with E-state index < -0.39 is 0 Å². The van der Waals surface area contributed by atoms with Gasteiger partial charge < -0.3 is 4.90 Å². The van der Waals surface area contributed by atoms with Gasteiger partial charge in [-0.25, -0.2) is 9.97 Å². The number of nitrogens with zero attached hydrogens (tertiary/aromatic N) is 3. The summed E-state index contributed by atoms with van der Waals surface area (Å²) in [6, 6.07) is 0. The number of hydrogen-bond acceptors (Lipinski definition) is 3. The number of piperidine rings is 1. The molecule has 1 aliphatic heterocycles. The topological polar surface area (TPSA) is 46.1 Å². The molecule has 4 heteroatoms. The summed E-state index contributed by atoms with van der Waals surface area (Å²) >= 11 is 0. The van der Waals surface area contributed by atoms with Crippen molar-refractivity contribution in [1.82, 2.24) is 14.9 Å². The highest BCUT2D eigenvalue weighted by Gasteiger charge is 2.29. The van der Waals surface area contributed by atoms with Gasteiger partial charge in [0.15, 0.2) is 0 Å². The summed E-state index contributed by atoms with van der Waals surface area (Å²) in [6.45, 7) is 10.2. The SMILES string of the molecule is CCc1ncnc(CC)c1C(=O)N1CC(C)CC(C)C1. The Morgan fingerprint density at radius 3 is 2.10 bits per heavy atom. The Bertz CT molecular complexity index is 454. The molecule has 1 aromatic rings. The molecule has 0 bridgehead atoms. The van der Waals surface area contributed by atoms with Crippen molar-refractivity contribution in [2.75, 3.05) is 13.1 Å². The quantitative estimate of drug-likeness (QED) is 0.852. The molecule has 0 N–H and O–H groups in total. The number of likely N-dealkylation sites (tertiary alicyclic amines) is 1. The number of aryl methyl sites for hydroxylation is 2. The maximum atomic E-state index is 12.9. The first kappa shape index (κ1) is 14.9. The lowest BCUT2D eigenvalue weighted by molar-refractivity contribution is 0.0619. The molecule has 1 saturated heterocycles. The average Bonchev–Trinajstić information content (AvgIpc) is 2.44. The van der Waals surface area contributed by atoms with Crippen LogP contribution in [0.5, 0.6) is 0 Å². The van der Waals surface area contributed by atoms with Gasteiger partial charge in [0, 0.05) is 13.1 Å². The predicted octanol–water partition coefficient (Wildman–Crippen LogP) is 2.72. The Balaban J connectivity index is 2.32. The fourth-order valence-electron chi connectivity index (χ4n) is 3.23. The first-order valence-corrected chi connectivity index (χ1v) is 7.68. The average molecular weight is 275 g/mol.